The van der Waals surface area contributed by atoms with Crippen molar-refractivity contribution in [3.63, 3.8) is 0 Å². The van der Waals surface area contributed by atoms with E-state index in [4.69, 9.17) is 16.3 Å². The van der Waals surface area contributed by atoms with E-state index in [0.29, 0.717) is 21.7 Å². The van der Waals surface area contributed by atoms with Crippen molar-refractivity contribution in [1.82, 2.24) is 5.32 Å². The van der Waals surface area contributed by atoms with Crippen molar-refractivity contribution >= 4 is 27.5 Å². The second-order valence-corrected chi connectivity index (χ2v) is 5.74. The maximum atomic E-state index is 14.3. The van der Waals surface area contributed by atoms with E-state index in [-0.39, 0.29) is 11.9 Å². The fourth-order valence-electron chi connectivity index (χ4n) is 2.24. The van der Waals surface area contributed by atoms with Gasteiger partial charge < -0.3 is 10.1 Å². The normalized spacial score (nSPS) is 12.2. The van der Waals surface area contributed by atoms with Crippen LogP contribution in [0.4, 0.5) is 4.39 Å². The number of ether oxygens (including phenoxy) is 1. The quantitative estimate of drug-likeness (QED) is 0.750. The van der Waals surface area contributed by atoms with Gasteiger partial charge in [-0.3, -0.25) is 0 Å². The molecule has 1 atom stereocenters. The first-order valence-corrected chi connectivity index (χ1v) is 7.79. The molecule has 2 nitrogen and oxygen atoms in total. The van der Waals surface area contributed by atoms with Crippen LogP contribution in [0.2, 0.25) is 5.02 Å². The number of hydrogen-bond acceptors (Lipinski definition) is 2. The summed E-state index contributed by atoms with van der Waals surface area (Å²) in [5, 5.41) is 3.60. The van der Waals surface area contributed by atoms with Crippen molar-refractivity contribution in [1.29, 1.82) is 0 Å². The molecule has 21 heavy (non-hydrogen) atoms. The Morgan fingerprint density at radius 1 is 1.29 bits per heavy atom. The molecule has 0 aliphatic rings. The van der Waals surface area contributed by atoms with Gasteiger partial charge in [-0.15, -0.1) is 0 Å². The molecular weight excluding hydrogens is 357 g/mol. The molecule has 0 spiro atoms. The van der Waals surface area contributed by atoms with Gasteiger partial charge in [0.1, 0.15) is 11.6 Å². The molecule has 0 bridgehead atoms. The molecule has 2 aromatic rings. The number of halogens is 3. The predicted molar refractivity (Wildman–Crippen MR) is 87.6 cm³/mol. The highest BCUT2D eigenvalue weighted by atomic mass is 79.9. The topological polar surface area (TPSA) is 21.3 Å². The minimum atomic E-state index is -0.335. The van der Waals surface area contributed by atoms with Gasteiger partial charge in [-0.2, -0.15) is 0 Å². The van der Waals surface area contributed by atoms with Gasteiger partial charge in [0.25, 0.3) is 0 Å². The van der Waals surface area contributed by atoms with E-state index in [0.717, 1.165) is 11.3 Å². The summed E-state index contributed by atoms with van der Waals surface area (Å²) in [7, 11) is 1.78. The van der Waals surface area contributed by atoms with Gasteiger partial charge in [0, 0.05) is 15.6 Å². The fourth-order valence-corrected chi connectivity index (χ4v) is 2.73. The minimum absolute atomic E-state index is 0.322. The molecular formula is C16H16BrClFNO. The van der Waals surface area contributed by atoms with E-state index in [1.807, 2.05) is 31.2 Å². The van der Waals surface area contributed by atoms with Crippen LogP contribution in [0.1, 0.15) is 24.1 Å². The molecule has 0 aliphatic carbocycles. The zero-order valence-electron chi connectivity index (χ0n) is 11.8. The third-order valence-corrected chi connectivity index (χ3v) is 4.37. The molecule has 0 saturated heterocycles. The minimum Gasteiger partial charge on any atom is -0.494 e. The lowest BCUT2D eigenvalue weighted by molar-refractivity contribution is 0.334. The molecule has 2 rings (SSSR count). The molecule has 112 valence electrons. The Kier molecular flexibility index (Phi) is 5.62. The Bertz CT molecular complexity index is 636. The first-order chi connectivity index (χ1) is 10.1. The number of hydrogen-bond donors (Lipinski definition) is 1. The molecule has 1 N–H and O–H groups in total. The van der Waals surface area contributed by atoms with Crippen LogP contribution in [0, 0.1) is 5.82 Å². The lowest BCUT2D eigenvalue weighted by Gasteiger charge is -2.21. The molecule has 5 heteroatoms. The van der Waals surface area contributed by atoms with Crippen LogP contribution < -0.4 is 10.1 Å². The van der Waals surface area contributed by atoms with Gasteiger partial charge in [0.2, 0.25) is 0 Å². The maximum Gasteiger partial charge on any atom is 0.129 e. The van der Waals surface area contributed by atoms with E-state index in [1.54, 1.807) is 13.1 Å². The Labute approximate surface area is 137 Å². The van der Waals surface area contributed by atoms with Crippen molar-refractivity contribution in [2.75, 3.05) is 13.7 Å². The summed E-state index contributed by atoms with van der Waals surface area (Å²) in [5.41, 5.74) is 1.36. The summed E-state index contributed by atoms with van der Waals surface area (Å²) < 4.78 is 20.5. The molecule has 0 heterocycles. The standard InChI is InChI=1S/C16H16BrClFNO/c1-3-21-15-7-5-4-6-10(15)16(20-2)11-8-13(18)12(17)9-14(11)19/h4-9,16,20H,3H2,1-2H3. The Balaban J connectivity index is 2.52. The zero-order chi connectivity index (χ0) is 15.4. The molecule has 0 aromatic heterocycles. The van der Waals surface area contributed by atoms with Crippen LogP contribution in [0.3, 0.4) is 0 Å². The second-order valence-electron chi connectivity index (χ2n) is 4.48. The van der Waals surface area contributed by atoms with Crippen LogP contribution in [0.5, 0.6) is 5.75 Å². The van der Waals surface area contributed by atoms with Gasteiger partial charge >= 0.3 is 0 Å². The molecule has 1 unspecified atom stereocenters. The average Bonchev–Trinajstić information content (AvgIpc) is 2.47. The van der Waals surface area contributed by atoms with Gasteiger partial charge in [0.05, 0.1) is 17.7 Å². The summed E-state index contributed by atoms with van der Waals surface area (Å²) in [6, 6.07) is 10.3. The highest BCUT2D eigenvalue weighted by Crippen LogP contribution is 2.34. The Morgan fingerprint density at radius 2 is 2.00 bits per heavy atom. The highest BCUT2D eigenvalue weighted by Gasteiger charge is 2.21. The molecule has 0 radical (unpaired) electrons. The summed E-state index contributed by atoms with van der Waals surface area (Å²) in [4.78, 5) is 0. The van der Waals surface area contributed by atoms with Gasteiger partial charge in [-0.1, -0.05) is 29.8 Å². The van der Waals surface area contributed by atoms with Gasteiger partial charge in [0.15, 0.2) is 0 Å². The first-order valence-electron chi connectivity index (χ1n) is 6.61. The van der Waals surface area contributed by atoms with E-state index < -0.39 is 0 Å². The summed E-state index contributed by atoms with van der Waals surface area (Å²) in [6.07, 6.45) is 0. The van der Waals surface area contributed by atoms with Crippen LogP contribution >= 0.6 is 27.5 Å². The van der Waals surface area contributed by atoms with E-state index in [2.05, 4.69) is 21.2 Å². The van der Waals surface area contributed by atoms with E-state index >= 15 is 0 Å². The number of nitrogens with one attached hydrogen (secondary N) is 1. The number of benzene rings is 2. The van der Waals surface area contributed by atoms with E-state index in [9.17, 15) is 4.39 Å². The Hall–Kier alpha value is -1.10. The van der Waals surface area contributed by atoms with Gasteiger partial charge in [-0.05, 0) is 48.1 Å². The number of rotatable bonds is 5. The van der Waals surface area contributed by atoms with Crippen LogP contribution in [0.25, 0.3) is 0 Å². The lowest BCUT2D eigenvalue weighted by atomic mass is 9.97. The molecule has 0 fully saturated rings. The fraction of sp³-hybridized carbons (Fsp3) is 0.250. The smallest absolute Gasteiger partial charge is 0.129 e. The SMILES string of the molecule is CCOc1ccccc1C(NC)c1cc(Cl)c(Br)cc1F. The first kappa shape index (κ1) is 16.3. The second kappa shape index (κ2) is 7.25. The van der Waals surface area contributed by atoms with Crippen molar-refractivity contribution in [3.8, 4) is 5.75 Å². The summed E-state index contributed by atoms with van der Waals surface area (Å²) in [5.74, 6) is 0.412. The summed E-state index contributed by atoms with van der Waals surface area (Å²) >= 11 is 9.33. The maximum absolute atomic E-state index is 14.3. The predicted octanol–water partition coefficient (Wildman–Crippen LogP) is 4.95. The monoisotopic (exact) mass is 371 g/mol. The van der Waals surface area contributed by atoms with Gasteiger partial charge in [-0.25, -0.2) is 4.39 Å². The summed E-state index contributed by atoms with van der Waals surface area (Å²) in [6.45, 7) is 2.47. The lowest BCUT2D eigenvalue weighted by Crippen LogP contribution is -2.20. The number of para-hydroxylation sites is 1. The van der Waals surface area contributed by atoms with E-state index in [1.165, 1.54) is 6.07 Å². The molecule has 0 amide bonds. The van der Waals surface area contributed by atoms with Crippen LogP contribution in [0.15, 0.2) is 40.9 Å². The molecule has 2 aromatic carbocycles. The largest absolute Gasteiger partial charge is 0.494 e. The third kappa shape index (κ3) is 3.57. The zero-order valence-corrected chi connectivity index (χ0v) is 14.1. The van der Waals surface area contributed by atoms with Crippen molar-refractivity contribution in [3.05, 3.63) is 62.8 Å². The highest BCUT2D eigenvalue weighted by molar-refractivity contribution is 9.10. The van der Waals surface area contributed by atoms with Crippen molar-refractivity contribution in [2.45, 2.75) is 13.0 Å². The van der Waals surface area contributed by atoms with Crippen LogP contribution in [-0.2, 0) is 0 Å². The third-order valence-electron chi connectivity index (χ3n) is 3.17. The molecule has 0 aliphatic heterocycles. The van der Waals surface area contributed by atoms with Crippen molar-refractivity contribution in [2.24, 2.45) is 0 Å². The van der Waals surface area contributed by atoms with Crippen LogP contribution in [-0.4, -0.2) is 13.7 Å². The van der Waals surface area contributed by atoms with Crippen molar-refractivity contribution < 1.29 is 9.13 Å². The Morgan fingerprint density at radius 3 is 2.67 bits per heavy atom. The average molecular weight is 373 g/mol. The molecule has 0 saturated carbocycles.